The first kappa shape index (κ1) is 18.6. The maximum Gasteiger partial charge on any atom is 0.137 e. The molecule has 3 aromatic carbocycles. The molecule has 0 saturated heterocycles. The van der Waals surface area contributed by atoms with Crippen LogP contribution in [0.5, 0.6) is 0 Å². The van der Waals surface area contributed by atoms with Crippen molar-refractivity contribution in [3.63, 3.8) is 0 Å². The summed E-state index contributed by atoms with van der Waals surface area (Å²) in [7, 11) is 1.97. The Kier molecular flexibility index (Phi) is 4.60. The molecular weight excluding hydrogens is 380 g/mol. The number of fused-ring (bicyclic) bond motifs is 2. The van der Waals surface area contributed by atoms with E-state index in [4.69, 9.17) is 0 Å². The lowest BCUT2D eigenvalue weighted by molar-refractivity contribution is 0.358. The topological polar surface area (TPSA) is 29.0 Å². The summed E-state index contributed by atoms with van der Waals surface area (Å²) in [5.41, 5.74) is 4.32. The van der Waals surface area contributed by atoms with Gasteiger partial charge in [-0.2, -0.15) is 10.2 Å². The molecule has 5 rings (SSSR count). The van der Waals surface area contributed by atoms with Crippen molar-refractivity contribution in [2.45, 2.75) is 6.54 Å². The van der Waals surface area contributed by atoms with E-state index in [1.807, 2.05) is 31.3 Å². The normalized spacial score (nSPS) is 14.3. The van der Waals surface area contributed by atoms with Crippen LogP contribution in [0.2, 0.25) is 0 Å². The SMILES string of the molecule is CN1CC=C(c2ccc3ccc(F)cc3c2)c2ccc(-c3cccnn3)c(F)c2C1. The molecule has 3 nitrogen and oxygen atoms in total. The van der Waals surface area contributed by atoms with Gasteiger partial charge in [0.15, 0.2) is 0 Å². The molecule has 0 amide bonds. The third-order valence-corrected chi connectivity index (χ3v) is 5.53. The van der Waals surface area contributed by atoms with Crippen LogP contribution in [0.25, 0.3) is 27.6 Å². The fourth-order valence-corrected chi connectivity index (χ4v) is 4.02. The monoisotopic (exact) mass is 399 g/mol. The highest BCUT2D eigenvalue weighted by atomic mass is 19.1. The molecule has 1 aromatic heterocycles. The van der Waals surface area contributed by atoms with E-state index in [1.54, 1.807) is 30.5 Å². The maximum atomic E-state index is 15.6. The van der Waals surface area contributed by atoms with Crippen molar-refractivity contribution in [3.05, 3.63) is 101 Å². The smallest absolute Gasteiger partial charge is 0.137 e. The first-order chi connectivity index (χ1) is 14.6. The first-order valence-electron chi connectivity index (χ1n) is 9.78. The van der Waals surface area contributed by atoms with Gasteiger partial charge in [-0.3, -0.25) is 4.90 Å². The molecule has 0 spiro atoms. The van der Waals surface area contributed by atoms with Gasteiger partial charge in [0.1, 0.15) is 11.6 Å². The lowest BCUT2D eigenvalue weighted by Crippen LogP contribution is -2.17. The zero-order valence-corrected chi connectivity index (χ0v) is 16.4. The van der Waals surface area contributed by atoms with E-state index in [1.165, 1.54) is 12.1 Å². The fraction of sp³-hybridized carbons (Fsp3) is 0.120. The lowest BCUT2D eigenvalue weighted by atomic mass is 9.90. The number of rotatable bonds is 2. The lowest BCUT2D eigenvalue weighted by Gasteiger charge is -2.17. The first-order valence-corrected chi connectivity index (χ1v) is 9.78. The molecule has 1 aliphatic rings. The van der Waals surface area contributed by atoms with Crippen molar-refractivity contribution in [2.24, 2.45) is 0 Å². The molecule has 4 aromatic rings. The van der Waals surface area contributed by atoms with Crippen molar-refractivity contribution in [2.75, 3.05) is 13.6 Å². The van der Waals surface area contributed by atoms with E-state index in [9.17, 15) is 4.39 Å². The van der Waals surface area contributed by atoms with Gasteiger partial charge in [-0.05, 0) is 70.9 Å². The summed E-state index contributed by atoms with van der Waals surface area (Å²) >= 11 is 0. The molecule has 0 saturated carbocycles. The summed E-state index contributed by atoms with van der Waals surface area (Å²) in [4.78, 5) is 2.07. The molecule has 0 fully saturated rings. The van der Waals surface area contributed by atoms with Crippen LogP contribution < -0.4 is 0 Å². The maximum absolute atomic E-state index is 15.6. The van der Waals surface area contributed by atoms with Gasteiger partial charge in [-0.25, -0.2) is 8.78 Å². The summed E-state index contributed by atoms with van der Waals surface area (Å²) in [6.07, 6.45) is 3.68. The van der Waals surface area contributed by atoms with E-state index in [2.05, 4.69) is 21.2 Å². The Hall–Kier alpha value is -3.44. The van der Waals surface area contributed by atoms with Crippen molar-refractivity contribution in [1.82, 2.24) is 15.1 Å². The molecular formula is C25H19F2N3. The van der Waals surface area contributed by atoms with Crippen LogP contribution in [0.1, 0.15) is 16.7 Å². The summed E-state index contributed by atoms with van der Waals surface area (Å²) in [5.74, 6) is -0.547. The summed E-state index contributed by atoms with van der Waals surface area (Å²) in [6.45, 7) is 1.17. The minimum Gasteiger partial charge on any atom is -0.298 e. The number of likely N-dealkylation sites (N-methyl/N-ethyl adjacent to an activating group) is 1. The van der Waals surface area contributed by atoms with Gasteiger partial charge in [0, 0.05) is 30.4 Å². The zero-order valence-electron chi connectivity index (χ0n) is 16.4. The molecule has 5 heteroatoms. The molecule has 30 heavy (non-hydrogen) atoms. The third kappa shape index (κ3) is 3.27. The van der Waals surface area contributed by atoms with Gasteiger partial charge in [0.05, 0.1) is 5.69 Å². The molecule has 0 radical (unpaired) electrons. The predicted molar refractivity (Wildman–Crippen MR) is 115 cm³/mol. The second-order valence-electron chi connectivity index (χ2n) is 7.58. The Balaban J connectivity index is 1.68. The average molecular weight is 399 g/mol. The predicted octanol–water partition coefficient (Wildman–Crippen LogP) is 5.45. The highest BCUT2D eigenvalue weighted by molar-refractivity contribution is 5.90. The quantitative estimate of drug-likeness (QED) is 0.449. The number of hydrogen-bond donors (Lipinski definition) is 0. The van der Waals surface area contributed by atoms with Crippen LogP contribution in [0.3, 0.4) is 0 Å². The van der Waals surface area contributed by atoms with Crippen LogP contribution in [0.15, 0.2) is 72.9 Å². The average Bonchev–Trinajstić information content (AvgIpc) is 2.93. The second kappa shape index (κ2) is 7.43. The van der Waals surface area contributed by atoms with Crippen molar-refractivity contribution < 1.29 is 8.78 Å². The minimum absolute atomic E-state index is 0.269. The van der Waals surface area contributed by atoms with Gasteiger partial charge in [-0.15, -0.1) is 0 Å². The molecule has 0 aliphatic carbocycles. The standard InChI is InChI=1S/C25H19F2N3/c1-30-12-10-20(17-5-4-16-6-7-19(26)14-18(16)13-17)21-8-9-22(25(27)23(21)15-30)24-3-2-11-28-29-24/h2-11,13-14H,12,15H2,1H3. The van der Waals surface area contributed by atoms with Crippen LogP contribution in [0, 0.1) is 11.6 Å². The summed E-state index contributed by atoms with van der Waals surface area (Å²) < 4.78 is 29.4. The number of halogens is 2. The highest BCUT2D eigenvalue weighted by Gasteiger charge is 2.22. The molecule has 0 atom stereocenters. The number of nitrogens with zero attached hydrogens (tertiary/aromatic N) is 3. The Morgan fingerprint density at radius 1 is 0.900 bits per heavy atom. The molecule has 0 unspecified atom stereocenters. The largest absolute Gasteiger partial charge is 0.298 e. The van der Waals surface area contributed by atoms with Gasteiger partial charge >= 0.3 is 0 Å². The van der Waals surface area contributed by atoms with Crippen LogP contribution in [-0.4, -0.2) is 28.7 Å². The minimum atomic E-state index is -0.278. The number of aromatic nitrogens is 2. The van der Waals surface area contributed by atoms with Gasteiger partial charge < -0.3 is 0 Å². The van der Waals surface area contributed by atoms with E-state index >= 15 is 4.39 Å². The third-order valence-electron chi connectivity index (χ3n) is 5.53. The molecule has 1 aliphatic heterocycles. The van der Waals surface area contributed by atoms with Gasteiger partial charge in [0.25, 0.3) is 0 Å². The Labute approximate surface area is 173 Å². The number of hydrogen-bond acceptors (Lipinski definition) is 3. The summed E-state index contributed by atoms with van der Waals surface area (Å²) in [6, 6.07) is 17.9. The zero-order chi connectivity index (χ0) is 20.7. The highest BCUT2D eigenvalue weighted by Crippen LogP contribution is 2.35. The van der Waals surface area contributed by atoms with Crippen LogP contribution in [0.4, 0.5) is 8.78 Å². The van der Waals surface area contributed by atoms with E-state index < -0.39 is 0 Å². The van der Waals surface area contributed by atoms with Crippen LogP contribution >= 0.6 is 0 Å². The van der Waals surface area contributed by atoms with Gasteiger partial charge in [0.2, 0.25) is 0 Å². The molecule has 2 heterocycles. The molecule has 148 valence electrons. The van der Waals surface area contributed by atoms with E-state index in [0.29, 0.717) is 29.9 Å². The Morgan fingerprint density at radius 3 is 2.57 bits per heavy atom. The van der Waals surface area contributed by atoms with E-state index in [0.717, 1.165) is 27.5 Å². The van der Waals surface area contributed by atoms with Crippen molar-refractivity contribution in [3.8, 4) is 11.3 Å². The van der Waals surface area contributed by atoms with Crippen molar-refractivity contribution >= 4 is 16.3 Å². The Bertz CT molecular complexity index is 1280. The molecule has 0 N–H and O–H groups in total. The second-order valence-corrected chi connectivity index (χ2v) is 7.58. The number of benzene rings is 3. The fourth-order valence-electron chi connectivity index (χ4n) is 4.02. The van der Waals surface area contributed by atoms with Gasteiger partial charge in [-0.1, -0.05) is 30.3 Å². The Morgan fingerprint density at radius 2 is 1.73 bits per heavy atom. The van der Waals surface area contributed by atoms with Crippen molar-refractivity contribution in [1.29, 1.82) is 0 Å². The van der Waals surface area contributed by atoms with E-state index in [-0.39, 0.29) is 11.6 Å². The van der Waals surface area contributed by atoms with Crippen LogP contribution in [-0.2, 0) is 6.54 Å². The summed E-state index contributed by atoms with van der Waals surface area (Å²) in [5, 5.41) is 9.74. The molecule has 0 bridgehead atoms.